The van der Waals surface area contributed by atoms with Crippen LogP contribution < -0.4 is 5.32 Å². The van der Waals surface area contributed by atoms with E-state index in [0.29, 0.717) is 6.54 Å². The van der Waals surface area contributed by atoms with E-state index < -0.39 is 0 Å². The average molecular weight is 268 g/mol. The van der Waals surface area contributed by atoms with Crippen LogP contribution in [0.15, 0.2) is 47.6 Å². The molecule has 0 unspecified atom stereocenters. The maximum atomic E-state index is 8.17. The van der Waals surface area contributed by atoms with Crippen molar-refractivity contribution in [2.75, 3.05) is 18.4 Å². The van der Waals surface area contributed by atoms with Gasteiger partial charge in [0.2, 0.25) is 0 Å². The second-order valence-corrected chi connectivity index (χ2v) is 4.82. The highest BCUT2D eigenvalue weighted by Crippen LogP contribution is 2.22. The van der Waals surface area contributed by atoms with Gasteiger partial charge in [-0.05, 0) is 29.8 Å². The summed E-state index contributed by atoms with van der Waals surface area (Å²) in [4.78, 5) is 2.75. The van der Waals surface area contributed by atoms with Crippen LogP contribution in [0, 0.1) is 0 Å². The molecule has 0 spiro atoms. The van der Waals surface area contributed by atoms with Crippen LogP contribution in [0.3, 0.4) is 0 Å². The third-order valence-corrected chi connectivity index (χ3v) is 3.35. The summed E-state index contributed by atoms with van der Waals surface area (Å²) in [5.74, 6) is 0. The van der Waals surface area contributed by atoms with E-state index in [9.17, 15) is 0 Å². The highest BCUT2D eigenvalue weighted by molar-refractivity contribution is 5.93. The molecule has 2 aromatic carbocycles. The molecule has 0 radical (unpaired) electrons. The lowest BCUT2D eigenvalue weighted by Gasteiger charge is -2.09. The van der Waals surface area contributed by atoms with Crippen molar-refractivity contribution in [1.29, 1.82) is 0 Å². The normalized spacial score (nSPS) is 10.2. The topological polar surface area (TPSA) is 60.8 Å². The van der Waals surface area contributed by atoms with Gasteiger partial charge >= 0.3 is 0 Å². The Kier molecular flexibility index (Phi) is 5.74. The van der Waals surface area contributed by atoms with Crippen LogP contribution in [0.2, 0.25) is 0 Å². The number of anilines is 1. The van der Waals surface area contributed by atoms with Gasteiger partial charge in [-0.1, -0.05) is 54.4 Å². The number of unbranched alkanes of at least 4 members (excludes halogenated alkanes) is 3. The number of hydrogen-bond acceptors (Lipinski definition) is 2. The van der Waals surface area contributed by atoms with Crippen LogP contribution >= 0.6 is 0 Å². The van der Waals surface area contributed by atoms with Crippen molar-refractivity contribution in [3.05, 3.63) is 52.9 Å². The molecule has 20 heavy (non-hydrogen) atoms. The van der Waals surface area contributed by atoms with Crippen molar-refractivity contribution in [3.63, 3.8) is 0 Å². The molecule has 2 rings (SSSR count). The molecule has 0 saturated carbocycles. The molecule has 0 fully saturated rings. The standard InChI is InChI=1S/C16H20N4/c17-20-19-13-6-2-1-5-12-18-16-11-7-9-14-8-3-4-10-15(14)16/h3-4,7-11,18H,1-2,5-6,12-13H2. The third kappa shape index (κ3) is 4.18. The van der Waals surface area contributed by atoms with Gasteiger partial charge in [-0.3, -0.25) is 0 Å². The molecule has 104 valence electrons. The van der Waals surface area contributed by atoms with E-state index in [2.05, 4.69) is 57.8 Å². The van der Waals surface area contributed by atoms with Crippen LogP contribution in [-0.4, -0.2) is 13.1 Å². The number of hydrogen-bond donors (Lipinski definition) is 1. The first-order valence-electron chi connectivity index (χ1n) is 7.14. The predicted octanol–water partition coefficient (Wildman–Crippen LogP) is 5.12. The third-order valence-electron chi connectivity index (χ3n) is 3.35. The molecule has 0 aliphatic rings. The Bertz CT molecular complexity index is 583. The summed E-state index contributed by atoms with van der Waals surface area (Å²) in [6.45, 7) is 1.60. The Hall–Kier alpha value is -2.19. The first-order valence-corrected chi connectivity index (χ1v) is 7.14. The van der Waals surface area contributed by atoms with Crippen molar-refractivity contribution in [1.82, 2.24) is 0 Å². The molecule has 0 aromatic heterocycles. The van der Waals surface area contributed by atoms with Gasteiger partial charge in [-0.15, -0.1) is 0 Å². The molecular weight excluding hydrogens is 248 g/mol. The highest BCUT2D eigenvalue weighted by Gasteiger charge is 1.98. The van der Waals surface area contributed by atoms with Gasteiger partial charge in [-0.2, -0.15) is 0 Å². The molecule has 0 aliphatic carbocycles. The monoisotopic (exact) mass is 268 g/mol. The first-order chi connectivity index (χ1) is 9.92. The smallest absolute Gasteiger partial charge is 0.0419 e. The van der Waals surface area contributed by atoms with E-state index in [4.69, 9.17) is 5.53 Å². The fourth-order valence-corrected chi connectivity index (χ4v) is 2.31. The summed E-state index contributed by atoms with van der Waals surface area (Å²) < 4.78 is 0. The predicted molar refractivity (Wildman–Crippen MR) is 84.9 cm³/mol. The Labute approximate surface area is 119 Å². The molecule has 4 heteroatoms. The highest BCUT2D eigenvalue weighted by atomic mass is 15.1. The Morgan fingerprint density at radius 2 is 1.75 bits per heavy atom. The average Bonchev–Trinajstić information content (AvgIpc) is 2.50. The molecule has 0 bridgehead atoms. The van der Waals surface area contributed by atoms with Gasteiger partial charge in [0.05, 0.1) is 0 Å². The summed E-state index contributed by atoms with van der Waals surface area (Å²) >= 11 is 0. The van der Waals surface area contributed by atoms with Crippen LogP contribution in [0.25, 0.3) is 21.2 Å². The lowest BCUT2D eigenvalue weighted by molar-refractivity contribution is 0.660. The van der Waals surface area contributed by atoms with Gasteiger partial charge in [0.15, 0.2) is 0 Å². The molecule has 0 heterocycles. The SMILES string of the molecule is [N-]=[N+]=NCCCCCCNc1cccc2ccccc12. The largest absolute Gasteiger partial charge is 0.385 e. The van der Waals surface area contributed by atoms with Gasteiger partial charge in [-0.25, -0.2) is 0 Å². The molecule has 0 atom stereocenters. The van der Waals surface area contributed by atoms with Crippen molar-refractivity contribution < 1.29 is 0 Å². The molecule has 0 amide bonds. The van der Waals surface area contributed by atoms with Crippen molar-refractivity contribution in [3.8, 4) is 0 Å². The molecular formula is C16H20N4. The molecule has 0 aliphatic heterocycles. The summed E-state index contributed by atoms with van der Waals surface area (Å²) in [5, 5.41) is 9.59. The van der Waals surface area contributed by atoms with Gasteiger partial charge in [0, 0.05) is 29.1 Å². The summed E-state index contributed by atoms with van der Waals surface area (Å²) in [7, 11) is 0. The zero-order chi connectivity index (χ0) is 14.0. The lowest BCUT2D eigenvalue weighted by Crippen LogP contribution is -2.01. The fourth-order valence-electron chi connectivity index (χ4n) is 2.31. The van der Waals surface area contributed by atoms with Gasteiger partial charge < -0.3 is 5.32 Å². The van der Waals surface area contributed by atoms with Gasteiger partial charge in [0.1, 0.15) is 0 Å². The van der Waals surface area contributed by atoms with E-state index in [1.54, 1.807) is 0 Å². The fraction of sp³-hybridized carbons (Fsp3) is 0.375. The lowest BCUT2D eigenvalue weighted by atomic mass is 10.1. The van der Waals surface area contributed by atoms with E-state index in [-0.39, 0.29) is 0 Å². The molecule has 0 saturated heterocycles. The number of fused-ring (bicyclic) bond motifs is 1. The second-order valence-electron chi connectivity index (χ2n) is 4.82. The number of nitrogens with one attached hydrogen (secondary N) is 1. The van der Waals surface area contributed by atoms with E-state index in [1.807, 2.05) is 0 Å². The Balaban J connectivity index is 1.74. The number of azide groups is 1. The zero-order valence-electron chi connectivity index (χ0n) is 11.6. The van der Waals surface area contributed by atoms with Crippen molar-refractivity contribution >= 4 is 16.5 Å². The summed E-state index contributed by atoms with van der Waals surface area (Å²) in [5.41, 5.74) is 9.37. The van der Waals surface area contributed by atoms with Crippen molar-refractivity contribution in [2.45, 2.75) is 25.7 Å². The van der Waals surface area contributed by atoms with Crippen LogP contribution in [0.4, 0.5) is 5.69 Å². The number of rotatable bonds is 8. The molecule has 2 aromatic rings. The van der Waals surface area contributed by atoms with Crippen LogP contribution in [0.5, 0.6) is 0 Å². The minimum Gasteiger partial charge on any atom is -0.385 e. The summed E-state index contributed by atoms with van der Waals surface area (Å²) in [6.07, 6.45) is 4.41. The Morgan fingerprint density at radius 3 is 2.65 bits per heavy atom. The van der Waals surface area contributed by atoms with E-state index in [0.717, 1.165) is 25.8 Å². The first kappa shape index (κ1) is 14.2. The maximum absolute atomic E-state index is 8.17. The van der Waals surface area contributed by atoms with Crippen molar-refractivity contribution in [2.24, 2.45) is 5.11 Å². The number of benzene rings is 2. The van der Waals surface area contributed by atoms with E-state index >= 15 is 0 Å². The molecule has 4 nitrogen and oxygen atoms in total. The minimum atomic E-state index is 0.618. The Morgan fingerprint density at radius 1 is 0.950 bits per heavy atom. The van der Waals surface area contributed by atoms with Crippen LogP contribution in [-0.2, 0) is 0 Å². The van der Waals surface area contributed by atoms with Crippen LogP contribution in [0.1, 0.15) is 25.7 Å². The maximum Gasteiger partial charge on any atom is 0.0419 e. The number of nitrogens with zero attached hydrogens (tertiary/aromatic N) is 3. The quantitative estimate of drug-likeness (QED) is 0.307. The summed E-state index contributed by atoms with van der Waals surface area (Å²) in [6, 6.07) is 14.8. The second kappa shape index (κ2) is 8.08. The van der Waals surface area contributed by atoms with E-state index in [1.165, 1.54) is 22.9 Å². The van der Waals surface area contributed by atoms with Gasteiger partial charge in [0.25, 0.3) is 0 Å². The molecule has 1 N–H and O–H groups in total. The minimum absolute atomic E-state index is 0.618. The zero-order valence-corrected chi connectivity index (χ0v) is 11.6.